The van der Waals surface area contributed by atoms with Crippen LogP contribution in [0.3, 0.4) is 0 Å². The molecule has 0 amide bonds. The van der Waals surface area contributed by atoms with Gasteiger partial charge in [-0.2, -0.15) is 5.10 Å². The molecule has 2 N–H and O–H groups in total. The minimum absolute atomic E-state index is 0.468. The maximum Gasteiger partial charge on any atom is 0.168 e. The third kappa shape index (κ3) is 1.54. The summed E-state index contributed by atoms with van der Waals surface area (Å²) >= 11 is 0. The van der Waals surface area contributed by atoms with Crippen molar-refractivity contribution in [2.45, 2.75) is 13.5 Å². The average molecular weight is 242 g/mol. The second-order valence-corrected chi connectivity index (χ2v) is 4.31. The molecule has 0 saturated heterocycles. The Kier molecular flexibility index (Phi) is 2.29. The van der Waals surface area contributed by atoms with Gasteiger partial charge in [-0.1, -0.05) is 23.4 Å². The van der Waals surface area contributed by atoms with Gasteiger partial charge in [0.1, 0.15) is 0 Å². The van der Waals surface area contributed by atoms with Crippen molar-refractivity contribution in [2.24, 2.45) is 7.05 Å². The fourth-order valence-corrected chi connectivity index (χ4v) is 2.07. The van der Waals surface area contributed by atoms with Gasteiger partial charge in [0.15, 0.2) is 5.82 Å². The van der Waals surface area contributed by atoms with E-state index in [1.807, 2.05) is 36.9 Å². The highest BCUT2D eigenvalue weighted by Crippen LogP contribution is 2.19. The monoisotopic (exact) mass is 242 g/mol. The Morgan fingerprint density at radius 3 is 2.78 bits per heavy atom. The number of nitrogens with two attached hydrogens (primary N) is 1. The van der Waals surface area contributed by atoms with Crippen molar-refractivity contribution in [1.82, 2.24) is 24.8 Å². The lowest BCUT2D eigenvalue weighted by Gasteiger charge is -2.00. The van der Waals surface area contributed by atoms with E-state index in [1.165, 1.54) is 0 Å². The molecule has 0 atom stereocenters. The maximum absolute atomic E-state index is 5.69. The van der Waals surface area contributed by atoms with Crippen molar-refractivity contribution < 1.29 is 0 Å². The normalized spacial score (nSPS) is 11.2. The molecule has 2 heterocycles. The molecule has 92 valence electrons. The summed E-state index contributed by atoms with van der Waals surface area (Å²) in [6.07, 6.45) is 0. The van der Waals surface area contributed by atoms with Crippen LogP contribution in [0, 0.1) is 6.92 Å². The number of nitrogen functional groups attached to an aromatic ring is 1. The van der Waals surface area contributed by atoms with Crippen LogP contribution in [0.1, 0.15) is 11.4 Å². The van der Waals surface area contributed by atoms with E-state index in [9.17, 15) is 0 Å². The molecule has 0 bridgehead atoms. The molecule has 0 saturated carbocycles. The minimum Gasteiger partial charge on any atom is -0.381 e. The first-order valence-corrected chi connectivity index (χ1v) is 5.73. The molecule has 0 aliphatic carbocycles. The molecule has 0 unspecified atom stereocenters. The first kappa shape index (κ1) is 10.8. The van der Waals surface area contributed by atoms with Gasteiger partial charge in [0, 0.05) is 12.4 Å². The number of para-hydroxylation sites is 1. The van der Waals surface area contributed by atoms with E-state index < -0.39 is 0 Å². The molecular weight excluding hydrogens is 228 g/mol. The SMILES string of the molecule is Cc1c(N)nnn1Cc1nn(C)c2ccccc12. The van der Waals surface area contributed by atoms with Crippen LogP contribution in [0.4, 0.5) is 5.82 Å². The lowest BCUT2D eigenvalue weighted by Crippen LogP contribution is -2.05. The van der Waals surface area contributed by atoms with Gasteiger partial charge in [-0.15, -0.1) is 5.10 Å². The van der Waals surface area contributed by atoms with E-state index in [0.717, 1.165) is 22.3 Å². The molecule has 0 aliphatic rings. The fourth-order valence-electron chi connectivity index (χ4n) is 2.07. The topological polar surface area (TPSA) is 74.6 Å². The predicted octanol–water partition coefficient (Wildman–Crippen LogP) is 1.10. The highest BCUT2D eigenvalue weighted by Gasteiger charge is 2.11. The van der Waals surface area contributed by atoms with Crippen LogP contribution in [0.15, 0.2) is 24.3 Å². The van der Waals surface area contributed by atoms with E-state index >= 15 is 0 Å². The van der Waals surface area contributed by atoms with Gasteiger partial charge in [0.25, 0.3) is 0 Å². The summed E-state index contributed by atoms with van der Waals surface area (Å²) in [5.41, 5.74) is 8.64. The van der Waals surface area contributed by atoms with Gasteiger partial charge in [-0.3, -0.25) is 4.68 Å². The van der Waals surface area contributed by atoms with Crippen molar-refractivity contribution in [3.63, 3.8) is 0 Å². The van der Waals surface area contributed by atoms with Crippen LogP contribution in [-0.4, -0.2) is 24.8 Å². The Bertz CT molecular complexity index is 709. The van der Waals surface area contributed by atoms with Gasteiger partial charge < -0.3 is 5.73 Å². The zero-order valence-electron chi connectivity index (χ0n) is 10.3. The van der Waals surface area contributed by atoms with Crippen LogP contribution in [0.25, 0.3) is 10.9 Å². The van der Waals surface area contributed by atoms with Crippen molar-refractivity contribution >= 4 is 16.7 Å². The summed E-state index contributed by atoms with van der Waals surface area (Å²) in [5.74, 6) is 0.468. The number of aromatic nitrogens is 5. The van der Waals surface area contributed by atoms with E-state index in [1.54, 1.807) is 4.68 Å². The Hall–Kier alpha value is -2.37. The van der Waals surface area contributed by atoms with Crippen LogP contribution in [0.2, 0.25) is 0 Å². The maximum atomic E-state index is 5.69. The summed E-state index contributed by atoms with van der Waals surface area (Å²) < 4.78 is 3.64. The summed E-state index contributed by atoms with van der Waals surface area (Å²) in [5, 5.41) is 13.5. The Labute approximate surface area is 104 Å². The largest absolute Gasteiger partial charge is 0.381 e. The van der Waals surface area contributed by atoms with Crippen molar-refractivity contribution in [1.29, 1.82) is 0 Å². The molecular formula is C12H14N6. The first-order chi connectivity index (χ1) is 8.66. The number of anilines is 1. The summed E-state index contributed by atoms with van der Waals surface area (Å²) in [4.78, 5) is 0. The molecule has 3 rings (SSSR count). The van der Waals surface area contributed by atoms with Crippen LogP contribution < -0.4 is 5.73 Å². The van der Waals surface area contributed by atoms with Gasteiger partial charge in [-0.25, -0.2) is 4.68 Å². The molecule has 0 radical (unpaired) electrons. The fraction of sp³-hybridized carbons (Fsp3) is 0.250. The minimum atomic E-state index is 0.468. The van der Waals surface area contributed by atoms with E-state index in [2.05, 4.69) is 21.5 Å². The second kappa shape index (κ2) is 3.83. The standard InChI is InChI=1S/C12H14N6/c1-8-12(13)14-16-18(8)7-10-9-5-3-4-6-11(9)17(2)15-10/h3-6H,7,13H2,1-2H3. The zero-order valence-corrected chi connectivity index (χ0v) is 10.3. The molecule has 2 aromatic heterocycles. The summed E-state index contributed by atoms with van der Waals surface area (Å²) in [6, 6.07) is 8.13. The Morgan fingerprint density at radius 2 is 2.06 bits per heavy atom. The summed E-state index contributed by atoms with van der Waals surface area (Å²) in [7, 11) is 1.94. The Morgan fingerprint density at radius 1 is 1.28 bits per heavy atom. The number of rotatable bonds is 2. The molecule has 3 aromatic rings. The van der Waals surface area contributed by atoms with Gasteiger partial charge in [0.05, 0.1) is 23.4 Å². The predicted molar refractivity (Wildman–Crippen MR) is 69.0 cm³/mol. The van der Waals surface area contributed by atoms with Crippen LogP contribution in [-0.2, 0) is 13.6 Å². The number of hydrogen-bond donors (Lipinski definition) is 1. The van der Waals surface area contributed by atoms with E-state index in [-0.39, 0.29) is 0 Å². The lowest BCUT2D eigenvalue weighted by molar-refractivity contribution is 0.614. The lowest BCUT2D eigenvalue weighted by atomic mass is 10.2. The van der Waals surface area contributed by atoms with Crippen molar-refractivity contribution in [2.75, 3.05) is 5.73 Å². The third-order valence-electron chi connectivity index (χ3n) is 3.15. The van der Waals surface area contributed by atoms with Crippen LogP contribution >= 0.6 is 0 Å². The molecule has 0 spiro atoms. The van der Waals surface area contributed by atoms with Crippen molar-refractivity contribution in [3.05, 3.63) is 35.7 Å². The second-order valence-electron chi connectivity index (χ2n) is 4.31. The van der Waals surface area contributed by atoms with Gasteiger partial charge in [0.2, 0.25) is 0 Å². The number of aryl methyl sites for hydroxylation is 1. The van der Waals surface area contributed by atoms with E-state index in [4.69, 9.17) is 5.73 Å². The van der Waals surface area contributed by atoms with Gasteiger partial charge in [-0.05, 0) is 13.0 Å². The highest BCUT2D eigenvalue weighted by molar-refractivity contribution is 5.81. The molecule has 1 aromatic carbocycles. The van der Waals surface area contributed by atoms with Crippen molar-refractivity contribution in [3.8, 4) is 0 Å². The number of fused-ring (bicyclic) bond motifs is 1. The number of benzene rings is 1. The number of nitrogens with zero attached hydrogens (tertiary/aromatic N) is 5. The quantitative estimate of drug-likeness (QED) is 0.730. The average Bonchev–Trinajstić information content (AvgIpc) is 2.86. The highest BCUT2D eigenvalue weighted by atomic mass is 15.4. The first-order valence-electron chi connectivity index (χ1n) is 5.73. The van der Waals surface area contributed by atoms with E-state index in [0.29, 0.717) is 12.4 Å². The smallest absolute Gasteiger partial charge is 0.168 e. The van der Waals surface area contributed by atoms with Crippen LogP contribution in [0.5, 0.6) is 0 Å². The molecule has 0 fully saturated rings. The third-order valence-corrected chi connectivity index (χ3v) is 3.15. The molecule has 18 heavy (non-hydrogen) atoms. The Balaban J connectivity index is 2.08. The molecule has 0 aliphatic heterocycles. The van der Waals surface area contributed by atoms with Gasteiger partial charge >= 0.3 is 0 Å². The molecule has 6 nitrogen and oxygen atoms in total. The molecule has 6 heteroatoms. The number of hydrogen-bond acceptors (Lipinski definition) is 4. The zero-order chi connectivity index (χ0) is 12.7. The summed E-state index contributed by atoms with van der Waals surface area (Å²) in [6.45, 7) is 2.48.